The molecule has 1 aromatic heterocycles. The molecule has 5 heteroatoms. The Bertz CT molecular complexity index is 628. The van der Waals surface area contributed by atoms with E-state index in [1.54, 1.807) is 24.3 Å². The Morgan fingerprint density at radius 2 is 1.90 bits per heavy atom. The van der Waals surface area contributed by atoms with Gasteiger partial charge in [-0.25, -0.2) is 0 Å². The van der Waals surface area contributed by atoms with Gasteiger partial charge in [0.25, 0.3) is 0 Å². The summed E-state index contributed by atoms with van der Waals surface area (Å²) in [7, 11) is 0. The molecular weight excluding hydrogens is 264 g/mol. The molecule has 0 saturated heterocycles. The van der Waals surface area contributed by atoms with Crippen LogP contribution in [0.4, 0.5) is 11.4 Å². The molecule has 0 aliphatic carbocycles. The van der Waals surface area contributed by atoms with Crippen molar-refractivity contribution >= 4 is 17.3 Å². The van der Waals surface area contributed by atoms with Gasteiger partial charge in [0.1, 0.15) is 0 Å². The molecule has 0 fully saturated rings. The standard InChI is InChI=1S/C16H22N4O/c1-11-12(2)19-20(13(11)3)10-4-5-16(21)18-15-8-6-14(17)7-9-15/h6-9H,4-5,10,17H2,1-3H3,(H,18,21). The third-order valence-electron chi connectivity index (χ3n) is 3.71. The van der Waals surface area contributed by atoms with Crippen LogP contribution in [-0.4, -0.2) is 15.7 Å². The minimum atomic E-state index is 0.0121. The van der Waals surface area contributed by atoms with Crippen molar-refractivity contribution < 1.29 is 4.79 Å². The van der Waals surface area contributed by atoms with Gasteiger partial charge in [-0.2, -0.15) is 5.10 Å². The third-order valence-corrected chi connectivity index (χ3v) is 3.71. The number of hydrogen-bond donors (Lipinski definition) is 2. The predicted molar refractivity (Wildman–Crippen MR) is 85.2 cm³/mol. The van der Waals surface area contributed by atoms with Crippen molar-refractivity contribution in [1.29, 1.82) is 0 Å². The van der Waals surface area contributed by atoms with Crippen LogP contribution in [0.3, 0.4) is 0 Å². The van der Waals surface area contributed by atoms with Crippen molar-refractivity contribution in [2.24, 2.45) is 0 Å². The van der Waals surface area contributed by atoms with Gasteiger partial charge < -0.3 is 11.1 Å². The summed E-state index contributed by atoms with van der Waals surface area (Å²) in [5.41, 5.74) is 10.5. The first-order valence-corrected chi connectivity index (χ1v) is 7.13. The van der Waals surface area contributed by atoms with E-state index in [1.807, 2.05) is 11.6 Å². The van der Waals surface area contributed by atoms with E-state index >= 15 is 0 Å². The number of carbonyl (C=O) groups excluding carboxylic acids is 1. The zero-order chi connectivity index (χ0) is 15.4. The summed E-state index contributed by atoms with van der Waals surface area (Å²) in [5, 5.41) is 7.33. The number of hydrogen-bond acceptors (Lipinski definition) is 3. The Balaban J connectivity index is 1.81. The van der Waals surface area contributed by atoms with Crippen LogP contribution in [-0.2, 0) is 11.3 Å². The molecule has 112 valence electrons. The van der Waals surface area contributed by atoms with Crippen molar-refractivity contribution in [3.8, 4) is 0 Å². The Morgan fingerprint density at radius 1 is 1.24 bits per heavy atom. The van der Waals surface area contributed by atoms with Crippen LogP contribution in [0, 0.1) is 20.8 Å². The predicted octanol–water partition coefficient (Wildman–Crippen LogP) is 2.81. The maximum atomic E-state index is 11.9. The van der Waals surface area contributed by atoms with Gasteiger partial charge in [0, 0.05) is 30.0 Å². The minimum Gasteiger partial charge on any atom is -0.399 e. The number of nitrogens with two attached hydrogens (primary N) is 1. The minimum absolute atomic E-state index is 0.0121. The van der Waals surface area contributed by atoms with Crippen molar-refractivity contribution in [2.75, 3.05) is 11.1 Å². The summed E-state index contributed by atoms with van der Waals surface area (Å²) < 4.78 is 1.97. The Morgan fingerprint density at radius 3 is 2.48 bits per heavy atom. The van der Waals surface area contributed by atoms with E-state index in [9.17, 15) is 4.79 Å². The van der Waals surface area contributed by atoms with Gasteiger partial charge in [0.15, 0.2) is 0 Å². The number of amides is 1. The number of rotatable bonds is 5. The van der Waals surface area contributed by atoms with Crippen LogP contribution in [0.1, 0.15) is 29.8 Å². The molecule has 1 aromatic carbocycles. The number of benzene rings is 1. The number of nitrogens with zero attached hydrogens (tertiary/aromatic N) is 2. The van der Waals surface area contributed by atoms with Gasteiger partial charge in [-0.1, -0.05) is 0 Å². The van der Waals surface area contributed by atoms with Crippen LogP contribution in [0.25, 0.3) is 0 Å². The van der Waals surface area contributed by atoms with Gasteiger partial charge in [0.2, 0.25) is 5.91 Å². The molecule has 2 rings (SSSR count). The lowest BCUT2D eigenvalue weighted by Gasteiger charge is -2.07. The lowest BCUT2D eigenvalue weighted by molar-refractivity contribution is -0.116. The number of aryl methyl sites for hydroxylation is 2. The molecule has 3 N–H and O–H groups in total. The van der Waals surface area contributed by atoms with Crippen LogP contribution < -0.4 is 11.1 Å². The molecule has 0 radical (unpaired) electrons. The lowest BCUT2D eigenvalue weighted by atomic mass is 10.2. The molecule has 0 bridgehead atoms. The van der Waals surface area contributed by atoms with Crippen LogP contribution in [0.5, 0.6) is 0 Å². The zero-order valence-electron chi connectivity index (χ0n) is 12.8. The van der Waals surface area contributed by atoms with E-state index in [2.05, 4.69) is 24.3 Å². The molecule has 5 nitrogen and oxygen atoms in total. The first kappa shape index (κ1) is 15.1. The second kappa shape index (κ2) is 6.43. The van der Waals surface area contributed by atoms with Gasteiger partial charge >= 0.3 is 0 Å². The first-order chi connectivity index (χ1) is 9.97. The summed E-state index contributed by atoms with van der Waals surface area (Å²) >= 11 is 0. The maximum Gasteiger partial charge on any atom is 0.224 e. The second-order valence-electron chi connectivity index (χ2n) is 5.29. The van der Waals surface area contributed by atoms with Gasteiger partial charge in [-0.15, -0.1) is 0 Å². The number of nitrogens with one attached hydrogen (secondary N) is 1. The summed E-state index contributed by atoms with van der Waals surface area (Å²) in [6, 6.07) is 7.15. The normalized spacial score (nSPS) is 10.6. The molecule has 1 amide bonds. The molecule has 0 atom stereocenters. The van der Waals surface area contributed by atoms with Crippen LogP contribution in [0.15, 0.2) is 24.3 Å². The molecular formula is C16H22N4O. The number of carbonyl (C=O) groups is 1. The summed E-state index contributed by atoms with van der Waals surface area (Å²) in [6.07, 6.45) is 1.24. The van der Waals surface area contributed by atoms with E-state index in [4.69, 9.17) is 5.73 Å². The smallest absolute Gasteiger partial charge is 0.224 e. The number of aromatic nitrogens is 2. The van der Waals surface area contributed by atoms with Gasteiger partial charge in [0.05, 0.1) is 5.69 Å². The topological polar surface area (TPSA) is 72.9 Å². The van der Waals surface area contributed by atoms with Crippen molar-refractivity contribution in [3.63, 3.8) is 0 Å². The van der Waals surface area contributed by atoms with Gasteiger partial charge in [-0.3, -0.25) is 9.48 Å². The van der Waals surface area contributed by atoms with Crippen molar-refractivity contribution in [2.45, 2.75) is 40.2 Å². The van der Waals surface area contributed by atoms with E-state index in [0.29, 0.717) is 12.1 Å². The Kier molecular flexibility index (Phi) is 4.62. The summed E-state index contributed by atoms with van der Waals surface area (Å²) in [5.74, 6) is 0.0121. The summed E-state index contributed by atoms with van der Waals surface area (Å²) in [6.45, 7) is 6.90. The average Bonchev–Trinajstić information content (AvgIpc) is 2.69. The Hall–Kier alpha value is -2.30. The third kappa shape index (κ3) is 3.84. The molecule has 0 spiro atoms. The molecule has 0 aliphatic heterocycles. The molecule has 1 heterocycles. The van der Waals surface area contributed by atoms with Crippen molar-refractivity contribution in [3.05, 3.63) is 41.2 Å². The molecule has 0 aliphatic rings. The van der Waals surface area contributed by atoms with Gasteiger partial charge in [-0.05, 0) is 57.0 Å². The van der Waals surface area contributed by atoms with Crippen LogP contribution >= 0.6 is 0 Å². The van der Waals surface area contributed by atoms with Crippen LogP contribution in [0.2, 0.25) is 0 Å². The van der Waals surface area contributed by atoms with Crippen molar-refractivity contribution in [1.82, 2.24) is 9.78 Å². The molecule has 0 unspecified atom stereocenters. The Labute approximate surface area is 125 Å². The van der Waals surface area contributed by atoms with E-state index in [0.717, 1.165) is 24.3 Å². The maximum absolute atomic E-state index is 11.9. The van der Waals surface area contributed by atoms with E-state index in [-0.39, 0.29) is 5.91 Å². The number of anilines is 2. The molecule has 21 heavy (non-hydrogen) atoms. The molecule has 0 saturated carbocycles. The fraction of sp³-hybridized carbons (Fsp3) is 0.375. The molecule has 2 aromatic rings. The zero-order valence-corrected chi connectivity index (χ0v) is 12.8. The average molecular weight is 286 g/mol. The first-order valence-electron chi connectivity index (χ1n) is 7.13. The monoisotopic (exact) mass is 286 g/mol. The highest BCUT2D eigenvalue weighted by Gasteiger charge is 2.08. The SMILES string of the molecule is Cc1nn(CCCC(=O)Nc2ccc(N)cc2)c(C)c1C. The number of nitrogen functional groups attached to an aromatic ring is 1. The highest BCUT2D eigenvalue weighted by molar-refractivity contribution is 5.90. The highest BCUT2D eigenvalue weighted by atomic mass is 16.1. The largest absolute Gasteiger partial charge is 0.399 e. The quantitative estimate of drug-likeness (QED) is 0.830. The van der Waals surface area contributed by atoms with E-state index < -0.39 is 0 Å². The van der Waals surface area contributed by atoms with E-state index in [1.165, 1.54) is 11.3 Å². The fourth-order valence-electron chi connectivity index (χ4n) is 2.18. The highest BCUT2D eigenvalue weighted by Crippen LogP contribution is 2.13. The lowest BCUT2D eigenvalue weighted by Crippen LogP contribution is -2.13. The second-order valence-corrected chi connectivity index (χ2v) is 5.29. The fourth-order valence-corrected chi connectivity index (χ4v) is 2.18. The summed E-state index contributed by atoms with van der Waals surface area (Å²) in [4.78, 5) is 11.9.